The molecule has 6 heteroatoms. The summed E-state index contributed by atoms with van der Waals surface area (Å²) in [6, 6.07) is 26.7. The quantitative estimate of drug-likeness (QED) is 0.281. The summed E-state index contributed by atoms with van der Waals surface area (Å²) < 4.78 is 6.07. The number of carbonyl (C=O) groups excluding carboxylic acids is 1. The Morgan fingerprint density at radius 3 is 2.56 bits per heavy atom. The molecule has 0 radical (unpaired) electrons. The molecule has 1 aromatic heterocycles. The number of carbonyl (C=O) groups is 1. The number of thiophene rings is 1. The molecule has 0 spiro atoms. The van der Waals surface area contributed by atoms with E-state index in [4.69, 9.17) is 15.0 Å². The van der Waals surface area contributed by atoms with E-state index in [-0.39, 0.29) is 5.91 Å². The number of anilines is 1. The van der Waals surface area contributed by atoms with Crippen molar-refractivity contribution in [3.8, 4) is 11.8 Å². The fourth-order valence-electron chi connectivity index (χ4n) is 4.28. The fourth-order valence-corrected chi connectivity index (χ4v) is 5.51. The average molecular weight is 492 g/mol. The van der Waals surface area contributed by atoms with Gasteiger partial charge < -0.3 is 10.1 Å². The number of nitriles is 1. The first kappa shape index (κ1) is 23.5. The molecule has 36 heavy (non-hydrogen) atoms. The van der Waals surface area contributed by atoms with Crippen LogP contribution < -0.4 is 10.1 Å². The largest absolute Gasteiger partial charge is 0.488 e. The van der Waals surface area contributed by atoms with Crippen LogP contribution in [0.1, 0.15) is 50.3 Å². The first-order valence-corrected chi connectivity index (χ1v) is 12.8. The monoisotopic (exact) mass is 491 g/mol. The Hall–Kier alpha value is -4.21. The minimum absolute atomic E-state index is 0.113. The first-order chi connectivity index (χ1) is 17.7. The topological polar surface area (TPSA) is 74.5 Å². The summed E-state index contributed by atoms with van der Waals surface area (Å²) in [6.45, 7) is 0.384. The maximum atomic E-state index is 13.3. The zero-order valence-corrected chi connectivity index (χ0v) is 20.6. The Morgan fingerprint density at radius 2 is 1.75 bits per heavy atom. The van der Waals surface area contributed by atoms with Crippen LogP contribution in [0.15, 0.2) is 83.9 Å². The van der Waals surface area contributed by atoms with Crippen LogP contribution in [0.2, 0.25) is 0 Å². The highest BCUT2D eigenvalue weighted by atomic mass is 32.1. The number of hydrogen-bond acceptors (Lipinski definition) is 5. The summed E-state index contributed by atoms with van der Waals surface area (Å²) in [6.07, 6.45) is 5.91. The van der Waals surface area contributed by atoms with Crippen molar-refractivity contribution >= 4 is 34.1 Å². The van der Waals surface area contributed by atoms with Crippen molar-refractivity contribution in [2.45, 2.75) is 32.3 Å². The molecule has 5 nitrogen and oxygen atoms in total. The van der Waals surface area contributed by atoms with Crippen molar-refractivity contribution in [3.63, 3.8) is 0 Å². The summed E-state index contributed by atoms with van der Waals surface area (Å²) in [5.41, 5.74) is 5.04. The van der Waals surface area contributed by atoms with Crippen LogP contribution >= 0.6 is 11.3 Å². The maximum absolute atomic E-state index is 13.3. The standard InChI is InChI=1S/C30H25N3O2S/c31-18-21-14-16-22(17-15-21)20-35-26-12-6-4-8-23(26)19-32-30-28(25-11-5-7-13-27(25)36-30)29(34)33-24-9-2-1-3-10-24/h1-4,6,8-10,12,14-17,19H,5,7,11,13,20H2,(H,33,34). The second-order valence-corrected chi connectivity index (χ2v) is 9.69. The van der Waals surface area contributed by atoms with Crippen molar-refractivity contribution in [3.05, 3.63) is 112 Å². The molecule has 1 aliphatic carbocycles. The van der Waals surface area contributed by atoms with E-state index >= 15 is 0 Å². The number of benzene rings is 3. The van der Waals surface area contributed by atoms with Crippen molar-refractivity contribution in [2.24, 2.45) is 4.99 Å². The number of aryl methyl sites for hydroxylation is 1. The molecule has 1 N–H and O–H groups in total. The highest BCUT2D eigenvalue weighted by Gasteiger charge is 2.25. The molecule has 178 valence electrons. The van der Waals surface area contributed by atoms with E-state index < -0.39 is 0 Å². The Kier molecular flexibility index (Phi) is 7.20. The van der Waals surface area contributed by atoms with E-state index in [0.717, 1.165) is 53.1 Å². The van der Waals surface area contributed by atoms with E-state index in [1.54, 1.807) is 29.7 Å². The molecular formula is C30H25N3O2S. The number of ether oxygens (including phenoxy) is 1. The van der Waals surface area contributed by atoms with E-state index in [9.17, 15) is 4.79 Å². The molecule has 0 aliphatic heterocycles. The van der Waals surface area contributed by atoms with Gasteiger partial charge in [0.15, 0.2) is 0 Å². The summed E-state index contributed by atoms with van der Waals surface area (Å²) in [4.78, 5) is 19.4. The second kappa shape index (κ2) is 11.0. The molecule has 0 atom stereocenters. The molecule has 1 aliphatic rings. The number of nitrogens with one attached hydrogen (secondary N) is 1. The molecule has 5 rings (SSSR count). The van der Waals surface area contributed by atoms with Gasteiger partial charge in [-0.2, -0.15) is 5.26 Å². The minimum atomic E-state index is -0.113. The van der Waals surface area contributed by atoms with Gasteiger partial charge in [0.2, 0.25) is 0 Å². The van der Waals surface area contributed by atoms with Gasteiger partial charge in [-0.3, -0.25) is 4.79 Å². The third-order valence-corrected chi connectivity index (χ3v) is 7.33. The van der Waals surface area contributed by atoms with Gasteiger partial charge in [-0.05, 0) is 73.2 Å². The van der Waals surface area contributed by atoms with E-state index in [0.29, 0.717) is 23.5 Å². The minimum Gasteiger partial charge on any atom is -0.488 e. The number of amides is 1. The Bertz CT molecular complexity index is 1430. The van der Waals surface area contributed by atoms with E-state index in [1.165, 1.54) is 4.88 Å². The zero-order valence-electron chi connectivity index (χ0n) is 19.7. The molecular weight excluding hydrogens is 466 g/mol. The van der Waals surface area contributed by atoms with E-state index in [1.807, 2.05) is 66.7 Å². The van der Waals surface area contributed by atoms with Gasteiger partial charge in [0.25, 0.3) is 5.91 Å². The molecule has 0 fully saturated rings. The van der Waals surface area contributed by atoms with Crippen LogP contribution in [0.4, 0.5) is 10.7 Å². The molecule has 0 unspecified atom stereocenters. The lowest BCUT2D eigenvalue weighted by atomic mass is 9.95. The predicted molar refractivity (Wildman–Crippen MR) is 145 cm³/mol. The highest BCUT2D eigenvalue weighted by molar-refractivity contribution is 7.16. The summed E-state index contributed by atoms with van der Waals surface area (Å²) >= 11 is 1.61. The SMILES string of the molecule is N#Cc1ccc(COc2ccccc2C=Nc2sc3c(c2C(=O)Nc2ccccc2)CCCC3)cc1. The molecule has 0 saturated heterocycles. The zero-order chi connectivity index (χ0) is 24.7. The first-order valence-electron chi connectivity index (χ1n) is 12.0. The highest BCUT2D eigenvalue weighted by Crippen LogP contribution is 2.40. The Balaban J connectivity index is 1.39. The van der Waals surface area contributed by atoms with Gasteiger partial charge in [-0.15, -0.1) is 11.3 Å². The van der Waals surface area contributed by atoms with Crippen LogP contribution in [0.3, 0.4) is 0 Å². The van der Waals surface area contributed by atoms with Gasteiger partial charge in [-0.1, -0.05) is 42.5 Å². The molecule has 0 saturated carbocycles. The summed E-state index contributed by atoms with van der Waals surface area (Å²) in [7, 11) is 0. The molecule has 3 aromatic carbocycles. The number of nitrogens with zero attached hydrogens (tertiary/aromatic N) is 2. The lowest BCUT2D eigenvalue weighted by Gasteiger charge is -2.12. The number of fused-ring (bicyclic) bond motifs is 1. The maximum Gasteiger partial charge on any atom is 0.259 e. The number of hydrogen-bond donors (Lipinski definition) is 1. The van der Waals surface area contributed by atoms with Crippen molar-refractivity contribution in [1.82, 2.24) is 0 Å². The lowest BCUT2D eigenvalue weighted by Crippen LogP contribution is -2.14. The van der Waals surface area contributed by atoms with Crippen molar-refractivity contribution < 1.29 is 9.53 Å². The molecule has 4 aromatic rings. The number of aliphatic imine (C=N–C) groups is 1. The van der Waals surface area contributed by atoms with Crippen LogP contribution in [0.5, 0.6) is 5.75 Å². The summed E-state index contributed by atoms with van der Waals surface area (Å²) in [5, 5.41) is 12.8. The van der Waals surface area contributed by atoms with Gasteiger partial charge >= 0.3 is 0 Å². The number of para-hydroxylation sites is 2. The van der Waals surface area contributed by atoms with Crippen molar-refractivity contribution in [1.29, 1.82) is 5.26 Å². The molecule has 0 bridgehead atoms. The van der Waals surface area contributed by atoms with E-state index in [2.05, 4.69) is 11.4 Å². The lowest BCUT2D eigenvalue weighted by molar-refractivity contribution is 0.102. The van der Waals surface area contributed by atoms with Crippen LogP contribution in [-0.4, -0.2) is 12.1 Å². The van der Waals surface area contributed by atoms with Gasteiger partial charge in [0.1, 0.15) is 17.4 Å². The van der Waals surface area contributed by atoms with Gasteiger partial charge in [-0.25, -0.2) is 4.99 Å². The molecule has 1 amide bonds. The summed E-state index contributed by atoms with van der Waals surface area (Å²) in [5.74, 6) is 0.598. The second-order valence-electron chi connectivity index (χ2n) is 8.60. The van der Waals surface area contributed by atoms with Crippen LogP contribution in [-0.2, 0) is 19.4 Å². The van der Waals surface area contributed by atoms with Crippen molar-refractivity contribution in [2.75, 3.05) is 5.32 Å². The average Bonchev–Trinajstić information content (AvgIpc) is 3.30. The third kappa shape index (κ3) is 5.37. The number of rotatable bonds is 7. The smallest absolute Gasteiger partial charge is 0.259 e. The van der Waals surface area contributed by atoms with Crippen LogP contribution in [0, 0.1) is 11.3 Å². The van der Waals surface area contributed by atoms with Gasteiger partial charge in [0, 0.05) is 22.3 Å². The van der Waals surface area contributed by atoms with Crippen LogP contribution in [0.25, 0.3) is 0 Å². The normalized spacial score (nSPS) is 12.6. The third-order valence-electron chi connectivity index (χ3n) is 6.13. The predicted octanol–water partition coefficient (Wildman–Crippen LogP) is 7.08. The van der Waals surface area contributed by atoms with Gasteiger partial charge in [0.05, 0.1) is 17.2 Å². The Labute approximate surface area is 214 Å². The fraction of sp³-hybridized carbons (Fsp3) is 0.167. The Morgan fingerprint density at radius 1 is 1.00 bits per heavy atom. The molecule has 1 heterocycles.